The van der Waals surface area contributed by atoms with Gasteiger partial charge in [-0.1, -0.05) is 13.8 Å². The summed E-state index contributed by atoms with van der Waals surface area (Å²) in [4.78, 5) is 10.8. The molecule has 0 aliphatic rings. The molecule has 5 nitrogen and oxygen atoms in total. The molecular formula is C7H15NO4S. The third-order valence-electron chi connectivity index (χ3n) is 1.21. The smallest absolute Gasteiger partial charge is 0.273 e. The Morgan fingerprint density at radius 2 is 1.92 bits per heavy atom. The molecular weight excluding hydrogens is 194 g/mol. The van der Waals surface area contributed by atoms with Crippen molar-refractivity contribution in [1.82, 2.24) is 5.48 Å². The van der Waals surface area contributed by atoms with Crippen molar-refractivity contribution < 1.29 is 17.5 Å². The summed E-state index contributed by atoms with van der Waals surface area (Å²) in [6, 6.07) is 0. The maximum absolute atomic E-state index is 10.9. The highest BCUT2D eigenvalue weighted by atomic mass is 32.2. The highest BCUT2D eigenvalue weighted by molar-refractivity contribution is 7.86. The van der Waals surface area contributed by atoms with Crippen molar-refractivity contribution >= 4 is 16.0 Å². The van der Waals surface area contributed by atoms with E-state index in [4.69, 9.17) is 0 Å². The summed E-state index contributed by atoms with van der Waals surface area (Å²) in [6.07, 6.45) is 1.39. The summed E-state index contributed by atoms with van der Waals surface area (Å²) in [5, 5.41) is 0. The molecule has 78 valence electrons. The molecule has 0 aromatic carbocycles. The maximum atomic E-state index is 10.9. The summed E-state index contributed by atoms with van der Waals surface area (Å²) in [7, 11) is -3.58. The maximum Gasteiger partial charge on any atom is 0.287 e. The summed E-state index contributed by atoms with van der Waals surface area (Å²) in [5.41, 5.74) is 1.88. The Balaban J connectivity index is 3.81. The Kier molecular flexibility index (Phi) is 5.65. The second-order valence-electron chi connectivity index (χ2n) is 2.62. The first-order valence-corrected chi connectivity index (χ1v) is 5.79. The summed E-state index contributed by atoms with van der Waals surface area (Å²) in [5.74, 6) is -0.499. The summed E-state index contributed by atoms with van der Waals surface area (Å²) in [6.45, 7) is 3.54. The SMILES string of the molecule is CCCC(=O)NOS(=O)(=O)CCC. The molecule has 1 N–H and O–H groups in total. The van der Waals surface area contributed by atoms with E-state index >= 15 is 0 Å². The van der Waals surface area contributed by atoms with E-state index in [1.54, 1.807) is 6.92 Å². The zero-order valence-corrected chi connectivity index (χ0v) is 8.69. The van der Waals surface area contributed by atoms with Crippen LogP contribution in [0.3, 0.4) is 0 Å². The number of amides is 1. The summed E-state index contributed by atoms with van der Waals surface area (Å²) >= 11 is 0. The normalized spacial score (nSPS) is 11.2. The van der Waals surface area contributed by atoms with Crippen LogP contribution in [0.5, 0.6) is 0 Å². The Labute approximate surface area is 78.5 Å². The molecule has 0 fully saturated rings. The summed E-state index contributed by atoms with van der Waals surface area (Å²) < 4.78 is 26.1. The number of rotatable bonds is 6. The van der Waals surface area contributed by atoms with Crippen LogP contribution in [0.2, 0.25) is 0 Å². The van der Waals surface area contributed by atoms with Crippen LogP contribution in [0, 0.1) is 0 Å². The molecule has 0 aliphatic carbocycles. The first-order valence-electron chi connectivity index (χ1n) is 4.21. The number of hydroxylamine groups is 1. The fourth-order valence-corrected chi connectivity index (χ4v) is 1.48. The number of hydrogen-bond donors (Lipinski definition) is 1. The van der Waals surface area contributed by atoms with Crippen molar-refractivity contribution in [3.63, 3.8) is 0 Å². The number of carbonyl (C=O) groups excluding carboxylic acids is 1. The minimum atomic E-state index is -3.58. The van der Waals surface area contributed by atoms with Gasteiger partial charge in [-0.25, -0.2) is 5.48 Å². The minimum Gasteiger partial charge on any atom is -0.273 e. The van der Waals surface area contributed by atoms with Gasteiger partial charge in [0.2, 0.25) is 5.91 Å². The highest BCUT2D eigenvalue weighted by Crippen LogP contribution is 1.94. The second kappa shape index (κ2) is 5.93. The van der Waals surface area contributed by atoms with Gasteiger partial charge in [0.1, 0.15) is 0 Å². The second-order valence-corrected chi connectivity index (χ2v) is 4.31. The van der Waals surface area contributed by atoms with Gasteiger partial charge >= 0.3 is 0 Å². The van der Waals surface area contributed by atoms with Crippen molar-refractivity contribution in [2.75, 3.05) is 5.75 Å². The van der Waals surface area contributed by atoms with E-state index in [1.165, 1.54) is 0 Å². The van der Waals surface area contributed by atoms with Gasteiger partial charge in [0.05, 0.1) is 5.75 Å². The average molecular weight is 209 g/mol. The van der Waals surface area contributed by atoms with E-state index in [9.17, 15) is 13.2 Å². The van der Waals surface area contributed by atoms with Crippen molar-refractivity contribution in [2.24, 2.45) is 0 Å². The fraction of sp³-hybridized carbons (Fsp3) is 0.857. The highest BCUT2D eigenvalue weighted by Gasteiger charge is 2.11. The lowest BCUT2D eigenvalue weighted by atomic mass is 10.3. The van der Waals surface area contributed by atoms with Crippen LogP contribution in [-0.2, 0) is 19.2 Å². The van der Waals surface area contributed by atoms with Gasteiger partial charge in [0, 0.05) is 6.42 Å². The molecule has 0 aromatic rings. The van der Waals surface area contributed by atoms with Crippen molar-refractivity contribution in [1.29, 1.82) is 0 Å². The lowest BCUT2D eigenvalue weighted by Crippen LogP contribution is -2.27. The van der Waals surface area contributed by atoms with Crippen molar-refractivity contribution in [3.05, 3.63) is 0 Å². The molecule has 0 radical (unpaired) electrons. The van der Waals surface area contributed by atoms with Crippen LogP contribution in [-0.4, -0.2) is 20.1 Å². The number of carbonyl (C=O) groups is 1. The molecule has 13 heavy (non-hydrogen) atoms. The molecule has 0 aromatic heterocycles. The molecule has 1 amide bonds. The lowest BCUT2D eigenvalue weighted by Gasteiger charge is -2.03. The van der Waals surface area contributed by atoms with Gasteiger partial charge in [-0.2, -0.15) is 8.42 Å². The zero-order valence-electron chi connectivity index (χ0n) is 7.87. The van der Waals surface area contributed by atoms with Crippen LogP contribution >= 0.6 is 0 Å². The Morgan fingerprint density at radius 1 is 1.31 bits per heavy atom. The Morgan fingerprint density at radius 3 is 2.38 bits per heavy atom. The predicted molar refractivity (Wildman–Crippen MR) is 48.2 cm³/mol. The van der Waals surface area contributed by atoms with Gasteiger partial charge in [-0.05, 0) is 12.8 Å². The third-order valence-corrected chi connectivity index (χ3v) is 2.46. The Bertz CT molecular complexity index is 247. The zero-order chi connectivity index (χ0) is 10.3. The van der Waals surface area contributed by atoms with Crippen LogP contribution in [0.1, 0.15) is 33.1 Å². The molecule has 0 saturated heterocycles. The monoisotopic (exact) mass is 209 g/mol. The van der Waals surface area contributed by atoms with Gasteiger partial charge in [0.25, 0.3) is 10.1 Å². The van der Waals surface area contributed by atoms with E-state index in [0.29, 0.717) is 12.8 Å². The first-order chi connectivity index (χ1) is 6.02. The molecule has 0 atom stereocenters. The molecule has 0 unspecified atom stereocenters. The standard InChI is InChI=1S/C7H15NO4S/c1-3-5-7(9)8-12-13(10,11)6-4-2/h3-6H2,1-2H3,(H,8,9). The predicted octanol–water partition coefficient (Wildman–Crippen LogP) is 0.574. The molecule has 0 rings (SSSR count). The van der Waals surface area contributed by atoms with E-state index in [2.05, 4.69) is 4.28 Å². The largest absolute Gasteiger partial charge is 0.287 e. The van der Waals surface area contributed by atoms with Gasteiger partial charge < -0.3 is 0 Å². The van der Waals surface area contributed by atoms with Gasteiger partial charge in [-0.15, -0.1) is 4.28 Å². The quantitative estimate of drug-likeness (QED) is 0.649. The van der Waals surface area contributed by atoms with E-state index < -0.39 is 16.0 Å². The number of nitrogens with one attached hydrogen (secondary N) is 1. The van der Waals surface area contributed by atoms with Crippen LogP contribution in [0.4, 0.5) is 0 Å². The molecule has 0 spiro atoms. The van der Waals surface area contributed by atoms with E-state index in [0.717, 1.165) is 0 Å². The average Bonchev–Trinajstić information content (AvgIpc) is 2.02. The van der Waals surface area contributed by atoms with E-state index in [1.807, 2.05) is 12.4 Å². The van der Waals surface area contributed by atoms with Gasteiger partial charge in [0.15, 0.2) is 0 Å². The first kappa shape index (κ1) is 12.4. The van der Waals surface area contributed by atoms with E-state index in [-0.39, 0.29) is 12.2 Å². The molecule has 0 bridgehead atoms. The topological polar surface area (TPSA) is 72.5 Å². The van der Waals surface area contributed by atoms with Gasteiger partial charge in [-0.3, -0.25) is 4.79 Å². The lowest BCUT2D eigenvalue weighted by molar-refractivity contribution is -0.127. The third kappa shape index (κ3) is 6.53. The molecule has 6 heteroatoms. The van der Waals surface area contributed by atoms with Crippen LogP contribution in [0.25, 0.3) is 0 Å². The van der Waals surface area contributed by atoms with Crippen molar-refractivity contribution in [3.8, 4) is 0 Å². The van der Waals surface area contributed by atoms with Crippen molar-refractivity contribution in [2.45, 2.75) is 33.1 Å². The minimum absolute atomic E-state index is 0.0839. The fourth-order valence-electron chi connectivity index (χ4n) is 0.680. The van der Waals surface area contributed by atoms with Crippen LogP contribution < -0.4 is 5.48 Å². The van der Waals surface area contributed by atoms with Crippen LogP contribution in [0.15, 0.2) is 0 Å². The molecule has 0 saturated carbocycles. The number of hydrogen-bond acceptors (Lipinski definition) is 4. The molecule has 0 heterocycles. The molecule has 0 aliphatic heterocycles. The Hall–Kier alpha value is -0.620.